The van der Waals surface area contributed by atoms with Crippen molar-refractivity contribution in [3.05, 3.63) is 338 Å². The topological polar surface area (TPSA) is 77.3 Å². The highest BCUT2D eigenvalue weighted by Crippen LogP contribution is 2.61. The van der Waals surface area contributed by atoms with Gasteiger partial charge >= 0.3 is 0 Å². The SMILES string of the molecule is CC(C)c1cc(-c2ccc(-c3cccc4c3-c3c(-c5ccc(-c6nc(-c7ccc(-c8ccccc8)cc7)nc(-c7ccc(-c8ccccc8)cc7)n6)c(C(C)C)c5)cccc3C3CC5CC(C3)C4C5)cc2)ccc1-c1nc(-c2ccc(-c3ccccc3)cc2)nc(-c2ccc(-c3ccccc3)cc2)n1. The molecule has 104 heavy (non-hydrogen) atoms. The van der Waals surface area contributed by atoms with E-state index in [4.69, 9.17) is 29.9 Å². The van der Waals surface area contributed by atoms with Crippen LogP contribution in [0.2, 0.25) is 0 Å². The Labute approximate surface area is 610 Å². The fraction of sp³-hybridized carbons (Fsp3) is 0.143. The lowest BCUT2D eigenvalue weighted by Gasteiger charge is -2.35. The molecule has 18 rings (SSSR count). The predicted molar refractivity (Wildman–Crippen MR) is 428 cm³/mol. The van der Waals surface area contributed by atoms with Crippen LogP contribution in [0.1, 0.15) is 99.3 Å². The highest BCUT2D eigenvalue weighted by atomic mass is 15.0. The zero-order chi connectivity index (χ0) is 69.8. The lowest BCUT2D eigenvalue weighted by atomic mass is 9.69. The van der Waals surface area contributed by atoms with Gasteiger partial charge in [-0.2, -0.15) is 0 Å². The minimum absolute atomic E-state index is 0.156. The van der Waals surface area contributed by atoms with E-state index in [1.165, 1.54) is 104 Å². The summed E-state index contributed by atoms with van der Waals surface area (Å²) in [6.07, 6.45) is 5.05. The Morgan fingerprint density at radius 1 is 0.231 bits per heavy atom. The van der Waals surface area contributed by atoms with Gasteiger partial charge in [0.25, 0.3) is 0 Å². The van der Waals surface area contributed by atoms with E-state index in [9.17, 15) is 0 Å². The van der Waals surface area contributed by atoms with Crippen LogP contribution in [0, 0.1) is 11.8 Å². The summed E-state index contributed by atoms with van der Waals surface area (Å²) in [4.78, 5) is 31.9. The minimum Gasteiger partial charge on any atom is -0.208 e. The van der Waals surface area contributed by atoms with E-state index in [-0.39, 0.29) is 11.8 Å². The molecule has 6 nitrogen and oxygen atoms in total. The van der Waals surface area contributed by atoms with Gasteiger partial charge in [-0.05, 0) is 172 Å². The first-order valence-corrected chi connectivity index (χ1v) is 37.0. The number of hydrogen-bond acceptors (Lipinski definition) is 6. The summed E-state index contributed by atoms with van der Waals surface area (Å²) in [6, 6.07) is 114. The highest BCUT2D eigenvalue weighted by molar-refractivity contribution is 5.97. The molecule has 4 unspecified atom stereocenters. The maximum atomic E-state index is 5.39. The number of hydrogen-bond donors (Lipinski definition) is 0. The minimum atomic E-state index is 0.156. The Bertz CT molecular complexity index is 5440. The first-order valence-electron chi connectivity index (χ1n) is 37.0. The average molecular weight is 1340 g/mol. The van der Waals surface area contributed by atoms with Crippen molar-refractivity contribution in [2.75, 3.05) is 0 Å². The van der Waals surface area contributed by atoms with Gasteiger partial charge in [0, 0.05) is 33.4 Å². The molecule has 0 N–H and O–H groups in total. The molecule has 0 spiro atoms. The van der Waals surface area contributed by atoms with Gasteiger partial charge in [-0.3, -0.25) is 0 Å². The zero-order valence-electron chi connectivity index (χ0n) is 59.0. The van der Waals surface area contributed by atoms with Gasteiger partial charge in [-0.25, -0.2) is 29.9 Å². The molecule has 0 radical (unpaired) electrons. The highest BCUT2D eigenvalue weighted by Gasteiger charge is 2.45. The summed E-state index contributed by atoms with van der Waals surface area (Å²) in [5.41, 5.74) is 30.4. The van der Waals surface area contributed by atoms with Gasteiger partial charge in [0.2, 0.25) is 0 Å². The van der Waals surface area contributed by atoms with Crippen LogP contribution in [0.4, 0.5) is 0 Å². The third kappa shape index (κ3) is 12.3. The maximum absolute atomic E-state index is 5.39. The fourth-order valence-electron chi connectivity index (χ4n) is 17.0. The Kier molecular flexibility index (Phi) is 16.8. The quantitative estimate of drug-likeness (QED) is 0.102. The predicted octanol–water partition coefficient (Wildman–Crippen LogP) is 25.6. The molecule has 13 aromatic carbocycles. The van der Waals surface area contributed by atoms with Crippen molar-refractivity contribution < 1.29 is 0 Å². The molecule has 0 amide bonds. The van der Waals surface area contributed by atoms with Crippen LogP contribution in [-0.2, 0) is 0 Å². The van der Waals surface area contributed by atoms with Crippen LogP contribution in [0.5, 0.6) is 0 Å². The van der Waals surface area contributed by atoms with E-state index in [0.29, 0.717) is 52.7 Å². The van der Waals surface area contributed by atoms with Crippen molar-refractivity contribution in [2.24, 2.45) is 11.8 Å². The van der Waals surface area contributed by atoms with Crippen LogP contribution in [0.25, 0.3) is 157 Å². The number of fused-ring (bicyclic) bond motifs is 7. The summed E-state index contributed by atoms with van der Waals surface area (Å²) in [5.74, 6) is 6.60. The molecular formula is C98H78N6. The lowest BCUT2D eigenvalue weighted by molar-refractivity contribution is 0.312. The molecule has 0 saturated heterocycles. The van der Waals surface area contributed by atoms with Crippen molar-refractivity contribution >= 4 is 0 Å². The second-order valence-corrected chi connectivity index (χ2v) is 29.3. The normalized spacial score (nSPS) is 15.7. The van der Waals surface area contributed by atoms with E-state index in [1.54, 1.807) is 0 Å². The average Bonchev–Trinajstić information content (AvgIpc) is 1.45. The number of benzene rings is 13. The molecule has 2 fully saturated rings. The van der Waals surface area contributed by atoms with E-state index in [1.807, 2.05) is 0 Å². The van der Waals surface area contributed by atoms with Gasteiger partial charge in [-0.15, -0.1) is 0 Å². The van der Waals surface area contributed by atoms with Gasteiger partial charge in [0.05, 0.1) is 0 Å². The van der Waals surface area contributed by atoms with Crippen LogP contribution in [-0.4, -0.2) is 29.9 Å². The first-order chi connectivity index (χ1) is 51.1. The molecular weight excluding hydrogens is 1260 g/mol. The van der Waals surface area contributed by atoms with Crippen molar-refractivity contribution in [1.29, 1.82) is 0 Å². The smallest absolute Gasteiger partial charge is 0.164 e. The molecule has 2 heterocycles. The van der Waals surface area contributed by atoms with Crippen molar-refractivity contribution in [2.45, 2.75) is 77.0 Å². The number of aromatic nitrogens is 6. The van der Waals surface area contributed by atoms with E-state index in [2.05, 4.69) is 343 Å². The fourth-order valence-corrected chi connectivity index (χ4v) is 17.0. The Morgan fingerprint density at radius 3 is 0.942 bits per heavy atom. The van der Waals surface area contributed by atoms with Crippen molar-refractivity contribution in [3.63, 3.8) is 0 Å². The van der Waals surface area contributed by atoms with Crippen LogP contribution in [0.15, 0.2) is 315 Å². The molecule has 3 aliphatic rings. The summed E-state index contributed by atoms with van der Waals surface area (Å²) in [6.45, 7) is 9.15. The number of rotatable bonds is 15. The summed E-state index contributed by atoms with van der Waals surface area (Å²) >= 11 is 0. The maximum Gasteiger partial charge on any atom is 0.164 e. The summed E-state index contributed by atoms with van der Waals surface area (Å²) in [5, 5.41) is 0. The molecule has 15 aromatic rings. The number of nitrogens with zero attached hydrogens (tertiary/aromatic N) is 6. The molecule has 0 aliphatic heterocycles. The van der Waals surface area contributed by atoms with Gasteiger partial charge in [0.15, 0.2) is 34.9 Å². The standard InChI is InChI=1S/C98H78N6/c1-61(2)88-59-78(51-53-86(88)97-101-93(74-43-33-68(34-44-74)64-19-9-5-10-20-64)99-94(102-97)75-45-35-69(36-46-75)65-21-11-6-12-22-65)72-31-41-73(42-32-72)82-27-18-30-85-90-57-63-55-80(58-81(90)56-63)84-29-17-28-83(91(84)92(82)85)79-52-54-87(89(60-79)62(3)4)98-103-95(76-47-37-70(38-48-76)66-23-13-7-14-24-66)100-96(104-98)77-49-39-71(40-50-77)67-25-15-8-16-26-67/h5-54,59-63,80-81,90H,55-58H2,1-4H3. The van der Waals surface area contributed by atoms with Gasteiger partial charge in [0.1, 0.15) is 0 Å². The first kappa shape index (κ1) is 64.0. The second-order valence-electron chi connectivity index (χ2n) is 29.3. The molecule has 3 bridgehead atoms. The summed E-state index contributed by atoms with van der Waals surface area (Å²) < 4.78 is 0. The van der Waals surface area contributed by atoms with Crippen LogP contribution in [0.3, 0.4) is 0 Å². The third-order valence-electron chi connectivity index (χ3n) is 22.2. The summed E-state index contributed by atoms with van der Waals surface area (Å²) in [7, 11) is 0. The largest absolute Gasteiger partial charge is 0.208 e. The van der Waals surface area contributed by atoms with Crippen LogP contribution < -0.4 is 0 Å². The molecule has 500 valence electrons. The van der Waals surface area contributed by atoms with Crippen LogP contribution >= 0.6 is 0 Å². The second kappa shape index (κ2) is 27.3. The zero-order valence-corrected chi connectivity index (χ0v) is 59.0. The molecule has 2 saturated carbocycles. The third-order valence-corrected chi connectivity index (χ3v) is 22.2. The van der Waals surface area contributed by atoms with E-state index < -0.39 is 0 Å². The molecule has 3 aliphatic carbocycles. The molecule has 2 aromatic heterocycles. The molecule has 6 heteroatoms. The van der Waals surface area contributed by atoms with Crippen molar-refractivity contribution in [1.82, 2.24) is 29.9 Å². The monoisotopic (exact) mass is 1340 g/mol. The Balaban J connectivity index is 0.713. The van der Waals surface area contributed by atoms with Crippen molar-refractivity contribution in [3.8, 4) is 157 Å². The molecule has 4 atom stereocenters. The van der Waals surface area contributed by atoms with E-state index >= 15 is 0 Å². The van der Waals surface area contributed by atoms with Gasteiger partial charge < -0.3 is 0 Å². The Hall–Kier alpha value is -12.1. The van der Waals surface area contributed by atoms with E-state index in [0.717, 1.165) is 72.7 Å². The lowest BCUT2D eigenvalue weighted by Crippen LogP contribution is -2.19. The van der Waals surface area contributed by atoms with Gasteiger partial charge in [-0.1, -0.05) is 343 Å². The Morgan fingerprint density at radius 2 is 0.538 bits per heavy atom.